The molecular formula is C42H26N4O2. The first-order valence-corrected chi connectivity index (χ1v) is 16.0. The fourth-order valence-electron chi connectivity index (χ4n) is 7.02. The van der Waals surface area contributed by atoms with Crippen molar-refractivity contribution in [2.75, 3.05) is 0 Å². The van der Waals surface area contributed by atoms with Gasteiger partial charge in [0.1, 0.15) is 34.2 Å². The monoisotopic (exact) mass is 618 g/mol. The van der Waals surface area contributed by atoms with E-state index < -0.39 is 6.17 Å². The molecular weight excluding hydrogens is 592 g/mol. The fraction of sp³-hybridized carbons (Fsp3) is 0.0238. The minimum atomic E-state index is -0.438. The summed E-state index contributed by atoms with van der Waals surface area (Å²) in [6, 6.07) is 47.6. The van der Waals surface area contributed by atoms with Gasteiger partial charge >= 0.3 is 0 Å². The van der Waals surface area contributed by atoms with Gasteiger partial charge in [-0.1, -0.05) is 103 Å². The highest BCUT2D eigenvalue weighted by Crippen LogP contribution is 2.41. The Bertz CT molecular complexity index is 2770. The lowest BCUT2D eigenvalue weighted by Gasteiger charge is -2.24. The molecule has 0 amide bonds. The average Bonchev–Trinajstić information content (AvgIpc) is 3.73. The summed E-state index contributed by atoms with van der Waals surface area (Å²) < 4.78 is 12.5. The van der Waals surface area contributed by atoms with Gasteiger partial charge in [0, 0.05) is 27.9 Å². The average molecular weight is 619 g/mol. The number of nitrogens with one attached hydrogen (secondary N) is 1. The van der Waals surface area contributed by atoms with Gasteiger partial charge in [-0.3, -0.25) is 4.98 Å². The van der Waals surface area contributed by atoms with Crippen LogP contribution in [-0.2, 0) is 0 Å². The second kappa shape index (κ2) is 10.5. The molecule has 10 rings (SSSR count). The molecule has 226 valence electrons. The molecule has 1 unspecified atom stereocenters. The van der Waals surface area contributed by atoms with Gasteiger partial charge in [0.05, 0.1) is 5.39 Å². The van der Waals surface area contributed by atoms with Gasteiger partial charge < -0.3 is 14.2 Å². The Kier molecular flexibility index (Phi) is 5.84. The van der Waals surface area contributed by atoms with Crippen LogP contribution in [0, 0.1) is 0 Å². The standard InChI is InChI=1S/C42H26N4O2/c1-2-11-25(12-3-1)40-44-41(46-42(45-40)39-38-31-16-7-9-19-34(31)48-36(38)21-22-43-39)27-23-26-13-4-5-14-28(26)32(24-27)29-17-10-20-35-37(29)30-15-6-8-18-33(30)47-35/h1-24,41H,(H,44,45,46). The predicted octanol–water partition coefficient (Wildman–Crippen LogP) is 10.2. The van der Waals surface area contributed by atoms with E-state index in [1.807, 2.05) is 72.8 Å². The molecule has 3 aromatic heterocycles. The minimum Gasteiger partial charge on any atom is -0.456 e. The molecule has 0 saturated heterocycles. The van der Waals surface area contributed by atoms with Crippen LogP contribution in [0.25, 0.3) is 65.8 Å². The first-order valence-electron chi connectivity index (χ1n) is 16.0. The number of para-hydroxylation sites is 2. The van der Waals surface area contributed by atoms with Crippen molar-refractivity contribution in [3.63, 3.8) is 0 Å². The third-order valence-corrected chi connectivity index (χ3v) is 9.18. The molecule has 0 spiro atoms. The summed E-state index contributed by atoms with van der Waals surface area (Å²) in [6.45, 7) is 0. The van der Waals surface area contributed by atoms with E-state index in [0.717, 1.165) is 82.6 Å². The molecule has 0 fully saturated rings. The molecule has 1 aliphatic heterocycles. The lowest BCUT2D eigenvalue weighted by Crippen LogP contribution is -2.34. The van der Waals surface area contributed by atoms with Crippen LogP contribution >= 0.6 is 0 Å². The number of furan rings is 2. The Labute approximate surface area is 274 Å². The van der Waals surface area contributed by atoms with E-state index in [1.54, 1.807) is 6.20 Å². The third kappa shape index (κ3) is 4.16. The van der Waals surface area contributed by atoms with Gasteiger partial charge in [-0.15, -0.1) is 0 Å². The number of hydrogen-bond acceptors (Lipinski definition) is 6. The lowest BCUT2D eigenvalue weighted by molar-refractivity contribution is 0.666. The maximum Gasteiger partial charge on any atom is 0.159 e. The van der Waals surface area contributed by atoms with Crippen molar-refractivity contribution in [2.45, 2.75) is 6.17 Å². The van der Waals surface area contributed by atoms with Crippen LogP contribution < -0.4 is 5.32 Å². The highest BCUT2D eigenvalue weighted by molar-refractivity contribution is 6.21. The smallest absolute Gasteiger partial charge is 0.159 e. The second-order valence-electron chi connectivity index (χ2n) is 12.0. The topological polar surface area (TPSA) is 75.9 Å². The predicted molar refractivity (Wildman–Crippen MR) is 194 cm³/mol. The number of aromatic nitrogens is 1. The number of nitrogens with zero attached hydrogens (tertiary/aromatic N) is 3. The zero-order valence-electron chi connectivity index (χ0n) is 25.6. The Morgan fingerprint density at radius 3 is 2.02 bits per heavy atom. The molecule has 6 heteroatoms. The summed E-state index contributed by atoms with van der Waals surface area (Å²) in [4.78, 5) is 15.2. The normalized spacial score (nSPS) is 14.9. The van der Waals surface area contributed by atoms with Crippen molar-refractivity contribution in [1.82, 2.24) is 10.3 Å². The molecule has 6 aromatic carbocycles. The number of rotatable bonds is 4. The van der Waals surface area contributed by atoms with Crippen molar-refractivity contribution >= 4 is 66.3 Å². The molecule has 6 nitrogen and oxygen atoms in total. The van der Waals surface area contributed by atoms with Crippen LogP contribution in [0.5, 0.6) is 0 Å². The Morgan fingerprint density at radius 1 is 0.542 bits per heavy atom. The van der Waals surface area contributed by atoms with Crippen molar-refractivity contribution in [2.24, 2.45) is 9.98 Å². The van der Waals surface area contributed by atoms with E-state index in [9.17, 15) is 0 Å². The zero-order valence-corrected chi connectivity index (χ0v) is 25.6. The van der Waals surface area contributed by atoms with Crippen LogP contribution in [0.1, 0.15) is 23.0 Å². The van der Waals surface area contributed by atoms with E-state index in [2.05, 4.69) is 72.0 Å². The molecule has 48 heavy (non-hydrogen) atoms. The molecule has 4 heterocycles. The van der Waals surface area contributed by atoms with E-state index in [4.69, 9.17) is 23.8 Å². The largest absolute Gasteiger partial charge is 0.456 e. The van der Waals surface area contributed by atoms with Crippen molar-refractivity contribution in [3.8, 4) is 11.1 Å². The maximum absolute atomic E-state index is 6.29. The van der Waals surface area contributed by atoms with Crippen molar-refractivity contribution < 1.29 is 8.83 Å². The van der Waals surface area contributed by atoms with Crippen LogP contribution in [0.4, 0.5) is 0 Å². The van der Waals surface area contributed by atoms with Gasteiger partial charge in [0.15, 0.2) is 11.7 Å². The van der Waals surface area contributed by atoms with Crippen LogP contribution in [0.15, 0.2) is 165 Å². The molecule has 0 aliphatic carbocycles. The molecule has 9 aromatic rings. The highest BCUT2D eigenvalue weighted by Gasteiger charge is 2.26. The van der Waals surface area contributed by atoms with Crippen molar-refractivity contribution in [3.05, 3.63) is 163 Å². The summed E-state index contributed by atoms with van der Waals surface area (Å²) in [5, 5.41) is 10.1. The second-order valence-corrected chi connectivity index (χ2v) is 12.0. The number of fused-ring (bicyclic) bond motifs is 7. The van der Waals surface area contributed by atoms with Crippen LogP contribution in [0.3, 0.4) is 0 Å². The number of aliphatic imine (C=N–C) groups is 2. The number of amidine groups is 2. The first-order chi connectivity index (χ1) is 23.8. The SMILES string of the molecule is c1ccc(C2=NC(c3cc(-c4cccc5oc6ccccc6c45)c4ccccc4c3)NC(c3nccc4oc5ccccc5c34)=N2)cc1. The number of pyridine rings is 1. The van der Waals surface area contributed by atoms with E-state index >= 15 is 0 Å². The van der Waals surface area contributed by atoms with E-state index in [0.29, 0.717) is 11.7 Å². The quantitative estimate of drug-likeness (QED) is 0.213. The molecule has 0 radical (unpaired) electrons. The van der Waals surface area contributed by atoms with Gasteiger partial charge in [-0.05, 0) is 63.9 Å². The van der Waals surface area contributed by atoms with Crippen LogP contribution in [0.2, 0.25) is 0 Å². The van der Waals surface area contributed by atoms with Gasteiger partial charge in [0.25, 0.3) is 0 Å². The fourth-order valence-corrected chi connectivity index (χ4v) is 7.02. The summed E-state index contributed by atoms with van der Waals surface area (Å²) >= 11 is 0. The molecule has 1 aliphatic rings. The Morgan fingerprint density at radius 2 is 1.21 bits per heavy atom. The summed E-state index contributed by atoms with van der Waals surface area (Å²) in [5.41, 5.74) is 8.21. The summed E-state index contributed by atoms with van der Waals surface area (Å²) in [6.07, 6.45) is 1.34. The van der Waals surface area contributed by atoms with E-state index in [-0.39, 0.29) is 0 Å². The first kappa shape index (κ1) is 26.7. The highest BCUT2D eigenvalue weighted by atomic mass is 16.3. The Balaban J connectivity index is 1.19. The van der Waals surface area contributed by atoms with Gasteiger partial charge in [-0.25, -0.2) is 9.98 Å². The Hall–Kier alpha value is -6.53. The molecule has 1 N–H and O–H groups in total. The zero-order chi connectivity index (χ0) is 31.6. The van der Waals surface area contributed by atoms with E-state index in [1.165, 1.54) is 0 Å². The molecule has 0 saturated carbocycles. The van der Waals surface area contributed by atoms with Gasteiger partial charge in [0.2, 0.25) is 0 Å². The number of benzene rings is 6. The lowest BCUT2D eigenvalue weighted by atomic mass is 9.92. The summed E-state index contributed by atoms with van der Waals surface area (Å²) in [7, 11) is 0. The molecule has 0 bridgehead atoms. The maximum atomic E-state index is 6.29. The van der Waals surface area contributed by atoms with Gasteiger partial charge in [-0.2, -0.15) is 0 Å². The van der Waals surface area contributed by atoms with Crippen molar-refractivity contribution in [1.29, 1.82) is 0 Å². The minimum absolute atomic E-state index is 0.438. The third-order valence-electron chi connectivity index (χ3n) is 9.18. The number of hydrogen-bond donors (Lipinski definition) is 1. The molecule has 1 atom stereocenters. The van der Waals surface area contributed by atoms with Crippen LogP contribution in [-0.4, -0.2) is 16.7 Å². The summed E-state index contributed by atoms with van der Waals surface area (Å²) in [5.74, 6) is 1.28.